The number of benzene rings is 2. The van der Waals surface area contributed by atoms with Gasteiger partial charge in [0.15, 0.2) is 6.10 Å². The molecular formula is C24H25ClN4O3. The zero-order chi connectivity index (χ0) is 22.1. The largest absolute Gasteiger partial charge is 0.477 e. The highest BCUT2D eigenvalue weighted by Gasteiger charge is 2.34. The molecule has 5 rings (SSSR count). The van der Waals surface area contributed by atoms with E-state index in [9.17, 15) is 4.79 Å². The first-order chi connectivity index (χ1) is 15.6. The second-order valence-corrected chi connectivity index (χ2v) is 8.35. The average molecular weight is 453 g/mol. The topological polar surface area (TPSA) is 59.8 Å². The number of aryl methyl sites for hydroxylation is 1. The van der Waals surface area contributed by atoms with E-state index in [4.69, 9.17) is 21.1 Å². The number of rotatable bonds is 4. The van der Waals surface area contributed by atoms with E-state index in [-0.39, 0.29) is 5.91 Å². The summed E-state index contributed by atoms with van der Waals surface area (Å²) in [6, 6.07) is 17.6. The average Bonchev–Trinajstić information content (AvgIpc) is 3.13. The summed E-state index contributed by atoms with van der Waals surface area (Å²) in [4.78, 5) is 17.1. The van der Waals surface area contributed by atoms with Gasteiger partial charge in [-0.1, -0.05) is 41.9 Å². The molecule has 1 unspecified atom stereocenters. The molecule has 166 valence electrons. The van der Waals surface area contributed by atoms with Crippen molar-refractivity contribution in [1.29, 1.82) is 0 Å². The number of carbonyl (C=O) groups is 1. The van der Waals surface area contributed by atoms with Crippen molar-refractivity contribution in [3.05, 3.63) is 71.0 Å². The lowest BCUT2D eigenvalue weighted by Crippen LogP contribution is -2.52. The van der Waals surface area contributed by atoms with Gasteiger partial charge in [0.25, 0.3) is 5.91 Å². The van der Waals surface area contributed by atoms with Crippen molar-refractivity contribution >= 4 is 23.2 Å². The van der Waals surface area contributed by atoms with Crippen LogP contribution in [0.5, 0.6) is 5.75 Å². The fraction of sp³-hybridized carbons (Fsp3) is 0.333. The minimum Gasteiger partial charge on any atom is -0.477 e. The molecule has 7 nitrogen and oxygen atoms in total. The number of para-hydroxylation sites is 3. The third-order valence-corrected chi connectivity index (χ3v) is 6.32. The molecule has 8 heteroatoms. The Morgan fingerprint density at radius 1 is 1.09 bits per heavy atom. The summed E-state index contributed by atoms with van der Waals surface area (Å²) in [5.74, 6) is 0.699. The fourth-order valence-corrected chi connectivity index (χ4v) is 4.55. The van der Waals surface area contributed by atoms with Gasteiger partial charge in [-0.25, -0.2) is 4.68 Å². The van der Waals surface area contributed by atoms with Gasteiger partial charge in [0.05, 0.1) is 36.8 Å². The maximum absolute atomic E-state index is 13.2. The second-order valence-electron chi connectivity index (χ2n) is 7.99. The number of ether oxygens (including phenoxy) is 2. The number of morpholine rings is 1. The molecule has 1 saturated heterocycles. The molecule has 2 aliphatic rings. The van der Waals surface area contributed by atoms with Gasteiger partial charge in [0.2, 0.25) is 0 Å². The van der Waals surface area contributed by atoms with Crippen LogP contribution in [0, 0.1) is 6.92 Å². The van der Waals surface area contributed by atoms with Gasteiger partial charge in [-0.15, -0.1) is 0 Å². The van der Waals surface area contributed by atoms with E-state index in [1.165, 1.54) is 0 Å². The number of nitrogens with zero attached hydrogens (tertiary/aromatic N) is 4. The highest BCUT2D eigenvalue weighted by molar-refractivity contribution is 6.30. The van der Waals surface area contributed by atoms with Crippen molar-refractivity contribution < 1.29 is 14.3 Å². The van der Waals surface area contributed by atoms with E-state index in [0.717, 1.165) is 22.6 Å². The Balaban J connectivity index is 1.44. The number of amides is 1. The second kappa shape index (κ2) is 8.84. The number of carbonyl (C=O) groups excluding carboxylic acids is 1. The van der Waals surface area contributed by atoms with Gasteiger partial charge in [0, 0.05) is 25.2 Å². The van der Waals surface area contributed by atoms with Crippen LogP contribution >= 0.6 is 11.6 Å². The smallest absolute Gasteiger partial charge is 0.265 e. The molecule has 0 bridgehead atoms. The van der Waals surface area contributed by atoms with E-state index < -0.39 is 6.10 Å². The lowest BCUT2D eigenvalue weighted by Gasteiger charge is -2.38. The molecule has 1 atom stereocenters. The maximum Gasteiger partial charge on any atom is 0.265 e. The Bertz CT molecular complexity index is 1110. The summed E-state index contributed by atoms with van der Waals surface area (Å²) in [5.41, 5.74) is 3.65. The number of fused-ring (bicyclic) bond motifs is 1. The zero-order valence-electron chi connectivity index (χ0n) is 17.9. The highest BCUT2D eigenvalue weighted by Crippen LogP contribution is 2.36. The first kappa shape index (κ1) is 20.8. The minimum atomic E-state index is -0.578. The molecule has 2 aliphatic heterocycles. The molecule has 3 aromatic rings. The Labute approximate surface area is 192 Å². The van der Waals surface area contributed by atoms with Crippen molar-refractivity contribution in [2.45, 2.75) is 19.6 Å². The number of hydrogen-bond donors (Lipinski definition) is 0. The van der Waals surface area contributed by atoms with Crippen LogP contribution in [-0.2, 0) is 16.1 Å². The Morgan fingerprint density at radius 3 is 2.59 bits per heavy atom. The van der Waals surface area contributed by atoms with Gasteiger partial charge in [-0.2, -0.15) is 5.10 Å². The zero-order valence-corrected chi connectivity index (χ0v) is 18.7. The Morgan fingerprint density at radius 2 is 1.81 bits per heavy atom. The van der Waals surface area contributed by atoms with Crippen LogP contribution in [0.25, 0.3) is 5.69 Å². The minimum absolute atomic E-state index is 0.00407. The maximum atomic E-state index is 13.2. The van der Waals surface area contributed by atoms with Gasteiger partial charge in [0.1, 0.15) is 10.9 Å². The molecule has 1 fully saturated rings. The molecule has 1 aromatic heterocycles. The number of aromatic nitrogens is 2. The standard InChI is InChI=1S/C24H25ClN4O3/c1-17-19(23(25)29(26-17)18-7-3-2-4-8-18)15-28-16-22(24(30)27-11-13-31-14-12-27)32-21-10-6-5-9-20(21)28/h2-10,22H,11-16H2,1H3. The molecule has 0 saturated carbocycles. The molecule has 2 aromatic carbocycles. The lowest BCUT2D eigenvalue weighted by atomic mass is 10.1. The summed E-state index contributed by atoms with van der Waals surface area (Å²) in [6.45, 7) is 5.25. The number of anilines is 1. The third-order valence-electron chi connectivity index (χ3n) is 5.93. The molecular weight excluding hydrogens is 428 g/mol. The van der Waals surface area contributed by atoms with Crippen molar-refractivity contribution in [2.75, 3.05) is 37.7 Å². The van der Waals surface area contributed by atoms with Crippen LogP contribution in [0.4, 0.5) is 5.69 Å². The van der Waals surface area contributed by atoms with E-state index >= 15 is 0 Å². The van der Waals surface area contributed by atoms with Crippen LogP contribution in [0.15, 0.2) is 54.6 Å². The monoisotopic (exact) mass is 452 g/mol. The van der Waals surface area contributed by atoms with E-state index in [1.807, 2.05) is 66.4 Å². The van der Waals surface area contributed by atoms with E-state index in [2.05, 4.69) is 10.00 Å². The van der Waals surface area contributed by atoms with Gasteiger partial charge < -0.3 is 19.3 Å². The number of hydrogen-bond acceptors (Lipinski definition) is 5. The predicted octanol–water partition coefficient (Wildman–Crippen LogP) is 3.46. The Kier molecular flexibility index (Phi) is 5.76. The summed E-state index contributed by atoms with van der Waals surface area (Å²) < 4.78 is 13.3. The quantitative estimate of drug-likeness (QED) is 0.606. The SMILES string of the molecule is Cc1nn(-c2ccccc2)c(Cl)c1CN1CC(C(=O)N2CCOCC2)Oc2ccccc21. The lowest BCUT2D eigenvalue weighted by molar-refractivity contribution is -0.142. The predicted molar refractivity (Wildman–Crippen MR) is 123 cm³/mol. The van der Waals surface area contributed by atoms with Gasteiger partial charge in [-0.3, -0.25) is 4.79 Å². The normalized spacial score (nSPS) is 18.2. The summed E-state index contributed by atoms with van der Waals surface area (Å²) >= 11 is 6.78. The summed E-state index contributed by atoms with van der Waals surface area (Å²) in [7, 11) is 0. The van der Waals surface area contributed by atoms with Crippen molar-refractivity contribution in [2.24, 2.45) is 0 Å². The van der Waals surface area contributed by atoms with Crippen LogP contribution in [0.2, 0.25) is 5.15 Å². The molecule has 0 aliphatic carbocycles. The molecule has 1 amide bonds. The number of halogens is 1. The van der Waals surface area contributed by atoms with Crippen molar-refractivity contribution in [1.82, 2.24) is 14.7 Å². The van der Waals surface area contributed by atoms with Crippen LogP contribution in [0.3, 0.4) is 0 Å². The third kappa shape index (κ3) is 3.94. The molecule has 3 heterocycles. The Hall–Kier alpha value is -3.03. The first-order valence-corrected chi connectivity index (χ1v) is 11.2. The van der Waals surface area contributed by atoms with E-state index in [0.29, 0.717) is 50.3 Å². The van der Waals surface area contributed by atoms with Crippen LogP contribution in [0.1, 0.15) is 11.3 Å². The van der Waals surface area contributed by atoms with Crippen molar-refractivity contribution in [3.63, 3.8) is 0 Å². The van der Waals surface area contributed by atoms with Crippen molar-refractivity contribution in [3.8, 4) is 11.4 Å². The van der Waals surface area contributed by atoms with Crippen LogP contribution < -0.4 is 9.64 Å². The molecule has 0 N–H and O–H groups in total. The highest BCUT2D eigenvalue weighted by atomic mass is 35.5. The fourth-order valence-electron chi connectivity index (χ4n) is 4.21. The van der Waals surface area contributed by atoms with Gasteiger partial charge >= 0.3 is 0 Å². The van der Waals surface area contributed by atoms with Crippen LogP contribution in [-0.4, -0.2) is 59.5 Å². The summed E-state index contributed by atoms with van der Waals surface area (Å²) in [6.07, 6.45) is -0.578. The van der Waals surface area contributed by atoms with Gasteiger partial charge in [-0.05, 0) is 31.2 Å². The molecule has 0 radical (unpaired) electrons. The van der Waals surface area contributed by atoms with E-state index in [1.54, 1.807) is 4.68 Å². The molecule has 32 heavy (non-hydrogen) atoms. The first-order valence-electron chi connectivity index (χ1n) is 10.8. The molecule has 0 spiro atoms. The summed E-state index contributed by atoms with van der Waals surface area (Å²) in [5, 5.41) is 5.24.